The van der Waals surface area contributed by atoms with Crippen molar-refractivity contribution in [3.05, 3.63) is 16.7 Å². The maximum atomic E-state index is 5.76. The van der Waals surface area contributed by atoms with Crippen LogP contribution in [0.5, 0.6) is 0 Å². The summed E-state index contributed by atoms with van der Waals surface area (Å²) in [6.07, 6.45) is 2.00. The van der Waals surface area contributed by atoms with Crippen molar-refractivity contribution < 1.29 is 0 Å². The third kappa shape index (κ3) is 1.77. The second-order valence-corrected chi connectivity index (χ2v) is 4.54. The van der Waals surface area contributed by atoms with Crippen molar-refractivity contribution in [3.8, 4) is 0 Å². The van der Waals surface area contributed by atoms with E-state index in [4.69, 9.17) is 5.73 Å². The molecule has 0 fully saturated rings. The van der Waals surface area contributed by atoms with Crippen LogP contribution in [-0.4, -0.2) is 4.57 Å². The van der Waals surface area contributed by atoms with E-state index in [-0.39, 0.29) is 5.54 Å². The molecule has 0 aromatic carbocycles. The van der Waals surface area contributed by atoms with Crippen LogP contribution >= 0.6 is 15.9 Å². The van der Waals surface area contributed by atoms with Gasteiger partial charge in [0, 0.05) is 16.2 Å². The molecule has 0 bridgehead atoms. The summed E-state index contributed by atoms with van der Waals surface area (Å²) in [6, 6.07) is 1.91. The fraction of sp³-hybridized carbons (Fsp3) is 0.500. The zero-order valence-electron chi connectivity index (χ0n) is 7.06. The first-order valence-corrected chi connectivity index (χ1v) is 4.34. The predicted octanol–water partition coefficient (Wildman–Crippen LogP) is 2.59. The van der Waals surface area contributed by atoms with Crippen molar-refractivity contribution >= 4 is 21.7 Å². The van der Waals surface area contributed by atoms with Gasteiger partial charge in [0.1, 0.15) is 5.82 Å². The largest absolute Gasteiger partial charge is 0.385 e. The first-order chi connectivity index (χ1) is 4.91. The van der Waals surface area contributed by atoms with E-state index in [0.29, 0.717) is 0 Å². The average molecular weight is 217 g/mol. The standard InChI is InChI=1S/C8H13BrN2/c1-8(2,3)11-5-6(9)4-7(11)10/h4-5H,10H2,1-3H3. The van der Waals surface area contributed by atoms with Gasteiger partial charge in [-0.25, -0.2) is 0 Å². The number of nitrogens with zero attached hydrogens (tertiary/aromatic N) is 1. The maximum Gasteiger partial charge on any atom is 0.104 e. The Hall–Kier alpha value is -0.440. The minimum atomic E-state index is 0.0656. The van der Waals surface area contributed by atoms with Gasteiger partial charge >= 0.3 is 0 Å². The summed E-state index contributed by atoms with van der Waals surface area (Å²) >= 11 is 3.37. The molecule has 0 saturated carbocycles. The van der Waals surface area contributed by atoms with Gasteiger partial charge in [-0.2, -0.15) is 0 Å². The Labute approximate surface area is 75.5 Å². The normalized spacial score (nSPS) is 12.0. The molecule has 1 aromatic rings. The van der Waals surface area contributed by atoms with E-state index in [1.165, 1.54) is 0 Å². The molecule has 1 heterocycles. The molecule has 3 heteroatoms. The number of nitrogen functional groups attached to an aromatic ring is 1. The van der Waals surface area contributed by atoms with E-state index >= 15 is 0 Å². The molecule has 0 aliphatic rings. The summed E-state index contributed by atoms with van der Waals surface area (Å²) < 4.78 is 3.07. The highest BCUT2D eigenvalue weighted by Crippen LogP contribution is 2.24. The number of aromatic nitrogens is 1. The van der Waals surface area contributed by atoms with Crippen LogP contribution in [0.25, 0.3) is 0 Å². The monoisotopic (exact) mass is 216 g/mol. The smallest absolute Gasteiger partial charge is 0.104 e. The van der Waals surface area contributed by atoms with Crippen LogP contribution in [-0.2, 0) is 5.54 Å². The van der Waals surface area contributed by atoms with Gasteiger partial charge in [-0.3, -0.25) is 0 Å². The minimum Gasteiger partial charge on any atom is -0.385 e. The molecule has 0 radical (unpaired) electrons. The molecule has 0 amide bonds. The molecule has 1 aromatic heterocycles. The molecular weight excluding hydrogens is 204 g/mol. The van der Waals surface area contributed by atoms with Crippen LogP contribution in [0, 0.1) is 0 Å². The zero-order valence-corrected chi connectivity index (χ0v) is 8.64. The summed E-state index contributed by atoms with van der Waals surface area (Å²) in [4.78, 5) is 0. The average Bonchev–Trinajstić information content (AvgIpc) is 2.08. The van der Waals surface area contributed by atoms with E-state index in [9.17, 15) is 0 Å². The molecule has 0 spiro atoms. The Bertz CT molecular complexity index is 258. The highest BCUT2D eigenvalue weighted by atomic mass is 79.9. The van der Waals surface area contributed by atoms with Crippen LogP contribution in [0.4, 0.5) is 5.82 Å². The Morgan fingerprint density at radius 2 is 2.00 bits per heavy atom. The SMILES string of the molecule is CC(C)(C)n1cc(Br)cc1N. The van der Waals surface area contributed by atoms with Gasteiger partial charge in [-0.1, -0.05) is 0 Å². The molecule has 2 nitrogen and oxygen atoms in total. The van der Waals surface area contributed by atoms with E-state index in [1.807, 2.05) is 16.8 Å². The number of halogens is 1. The molecule has 0 aliphatic heterocycles. The summed E-state index contributed by atoms with van der Waals surface area (Å²) in [7, 11) is 0. The van der Waals surface area contributed by atoms with Crippen molar-refractivity contribution in [3.63, 3.8) is 0 Å². The molecular formula is C8H13BrN2. The quantitative estimate of drug-likeness (QED) is 0.711. The van der Waals surface area contributed by atoms with Gasteiger partial charge in [0.05, 0.1) is 0 Å². The van der Waals surface area contributed by atoms with Crippen LogP contribution in [0.3, 0.4) is 0 Å². The Morgan fingerprint density at radius 3 is 2.18 bits per heavy atom. The molecule has 62 valence electrons. The number of rotatable bonds is 0. The minimum absolute atomic E-state index is 0.0656. The van der Waals surface area contributed by atoms with Crippen LogP contribution < -0.4 is 5.73 Å². The first-order valence-electron chi connectivity index (χ1n) is 3.55. The summed E-state index contributed by atoms with van der Waals surface area (Å²) in [5.74, 6) is 0.796. The van der Waals surface area contributed by atoms with Gasteiger partial charge in [-0.15, -0.1) is 0 Å². The summed E-state index contributed by atoms with van der Waals surface area (Å²) in [6.45, 7) is 6.36. The van der Waals surface area contributed by atoms with Crippen molar-refractivity contribution in [2.24, 2.45) is 0 Å². The lowest BCUT2D eigenvalue weighted by molar-refractivity contribution is 0.404. The van der Waals surface area contributed by atoms with Gasteiger partial charge in [0.25, 0.3) is 0 Å². The van der Waals surface area contributed by atoms with E-state index in [0.717, 1.165) is 10.3 Å². The second-order valence-electron chi connectivity index (χ2n) is 3.62. The summed E-state index contributed by atoms with van der Waals surface area (Å²) in [5, 5.41) is 0. The van der Waals surface area contributed by atoms with Gasteiger partial charge < -0.3 is 10.3 Å². The van der Waals surface area contributed by atoms with Crippen molar-refractivity contribution in [2.75, 3.05) is 5.73 Å². The van der Waals surface area contributed by atoms with E-state index < -0.39 is 0 Å². The first kappa shape index (κ1) is 8.65. The highest BCUT2D eigenvalue weighted by Gasteiger charge is 2.14. The number of hydrogen-bond acceptors (Lipinski definition) is 1. The fourth-order valence-corrected chi connectivity index (χ4v) is 1.47. The second kappa shape index (κ2) is 2.55. The third-order valence-electron chi connectivity index (χ3n) is 1.54. The maximum absolute atomic E-state index is 5.76. The molecule has 2 N–H and O–H groups in total. The third-order valence-corrected chi connectivity index (χ3v) is 1.97. The lowest BCUT2D eigenvalue weighted by atomic mass is 10.1. The highest BCUT2D eigenvalue weighted by molar-refractivity contribution is 9.10. The molecule has 0 atom stereocenters. The fourth-order valence-electron chi connectivity index (χ4n) is 1.03. The van der Waals surface area contributed by atoms with Crippen molar-refractivity contribution in [1.82, 2.24) is 4.57 Å². The number of nitrogens with two attached hydrogens (primary N) is 1. The Kier molecular flexibility index (Phi) is 2.01. The Morgan fingerprint density at radius 1 is 1.45 bits per heavy atom. The number of hydrogen-bond donors (Lipinski definition) is 1. The van der Waals surface area contributed by atoms with Crippen LogP contribution in [0.2, 0.25) is 0 Å². The zero-order chi connectivity index (χ0) is 8.65. The molecule has 11 heavy (non-hydrogen) atoms. The molecule has 1 rings (SSSR count). The lowest BCUT2D eigenvalue weighted by Gasteiger charge is -2.22. The lowest BCUT2D eigenvalue weighted by Crippen LogP contribution is -2.22. The number of anilines is 1. The van der Waals surface area contributed by atoms with Crippen LogP contribution in [0.15, 0.2) is 16.7 Å². The van der Waals surface area contributed by atoms with E-state index in [1.54, 1.807) is 0 Å². The summed E-state index contributed by atoms with van der Waals surface area (Å²) in [5.41, 5.74) is 5.83. The van der Waals surface area contributed by atoms with Crippen LogP contribution in [0.1, 0.15) is 20.8 Å². The topological polar surface area (TPSA) is 30.9 Å². The van der Waals surface area contributed by atoms with Crippen molar-refractivity contribution in [1.29, 1.82) is 0 Å². The van der Waals surface area contributed by atoms with Gasteiger partial charge in [0.2, 0.25) is 0 Å². The van der Waals surface area contributed by atoms with Crippen molar-refractivity contribution in [2.45, 2.75) is 26.3 Å². The van der Waals surface area contributed by atoms with Gasteiger partial charge in [0.15, 0.2) is 0 Å². The Balaban J connectivity index is 3.13. The predicted molar refractivity (Wildman–Crippen MR) is 51.5 cm³/mol. The van der Waals surface area contributed by atoms with Gasteiger partial charge in [-0.05, 0) is 42.8 Å². The molecule has 0 unspecified atom stereocenters. The van der Waals surface area contributed by atoms with E-state index in [2.05, 4.69) is 36.7 Å². The molecule has 0 saturated heterocycles. The molecule has 0 aliphatic carbocycles.